The minimum absolute atomic E-state index is 0. The zero-order valence-corrected chi connectivity index (χ0v) is 19.1. The third-order valence-corrected chi connectivity index (χ3v) is 6.09. The number of nitrogens with zero attached hydrogens (tertiary/aromatic N) is 1. The minimum atomic E-state index is 0. The lowest BCUT2D eigenvalue weighted by atomic mass is 9.99. The Labute approximate surface area is 177 Å². The largest absolute Gasteiger partial charge is 0.381 e. The molecule has 0 bridgehead atoms. The highest BCUT2D eigenvalue weighted by Crippen LogP contribution is 2.34. The SMILES string of the molecule is CCSC1(CNC(=NC)NC(C)c2ccc(Cl)cc2)CCOCC1.I. The smallest absolute Gasteiger partial charge is 0.191 e. The number of guanidine groups is 1. The predicted octanol–water partition coefficient (Wildman–Crippen LogP) is 4.49. The number of halogens is 2. The van der Waals surface area contributed by atoms with Crippen LogP contribution in [0.15, 0.2) is 29.3 Å². The third-order valence-electron chi connectivity index (χ3n) is 4.38. The van der Waals surface area contributed by atoms with Crippen molar-refractivity contribution in [1.82, 2.24) is 10.6 Å². The van der Waals surface area contributed by atoms with Crippen LogP contribution in [0.25, 0.3) is 0 Å². The highest BCUT2D eigenvalue weighted by atomic mass is 127. The Balaban J connectivity index is 0.00000312. The average molecular weight is 498 g/mol. The Morgan fingerprint density at radius 3 is 2.52 bits per heavy atom. The predicted molar refractivity (Wildman–Crippen MR) is 121 cm³/mol. The maximum atomic E-state index is 5.96. The van der Waals surface area contributed by atoms with Gasteiger partial charge in [-0.15, -0.1) is 24.0 Å². The number of hydrogen-bond acceptors (Lipinski definition) is 3. The summed E-state index contributed by atoms with van der Waals surface area (Å²) >= 11 is 7.99. The summed E-state index contributed by atoms with van der Waals surface area (Å²) in [5.41, 5.74) is 1.19. The van der Waals surface area contributed by atoms with Crippen LogP contribution in [0.4, 0.5) is 0 Å². The van der Waals surface area contributed by atoms with E-state index in [1.165, 1.54) is 5.56 Å². The molecule has 7 heteroatoms. The quantitative estimate of drug-likeness (QED) is 0.345. The lowest BCUT2D eigenvalue weighted by Gasteiger charge is -2.37. The third kappa shape index (κ3) is 7.15. The van der Waals surface area contributed by atoms with E-state index < -0.39 is 0 Å². The molecule has 0 saturated carbocycles. The summed E-state index contributed by atoms with van der Waals surface area (Å²) in [7, 11) is 1.81. The van der Waals surface area contributed by atoms with Crippen molar-refractivity contribution in [3.8, 4) is 0 Å². The molecule has 1 aliphatic rings. The molecule has 0 aromatic heterocycles. The molecule has 1 aromatic carbocycles. The van der Waals surface area contributed by atoms with Crippen LogP contribution in [0.3, 0.4) is 0 Å². The van der Waals surface area contributed by atoms with Crippen LogP contribution in [0.2, 0.25) is 5.02 Å². The molecule has 1 unspecified atom stereocenters. The first-order chi connectivity index (χ1) is 11.6. The number of hydrogen-bond donors (Lipinski definition) is 2. The van der Waals surface area contributed by atoms with E-state index in [9.17, 15) is 0 Å². The number of benzene rings is 1. The fourth-order valence-corrected chi connectivity index (χ4v) is 4.27. The molecule has 1 fully saturated rings. The van der Waals surface area contributed by atoms with Crippen LogP contribution >= 0.6 is 47.3 Å². The van der Waals surface area contributed by atoms with Crippen molar-refractivity contribution >= 4 is 53.3 Å². The van der Waals surface area contributed by atoms with Gasteiger partial charge in [0.15, 0.2) is 5.96 Å². The first-order valence-electron chi connectivity index (χ1n) is 8.53. The van der Waals surface area contributed by atoms with Crippen molar-refractivity contribution in [3.05, 3.63) is 34.9 Å². The minimum Gasteiger partial charge on any atom is -0.381 e. The van der Waals surface area contributed by atoms with E-state index in [1.54, 1.807) is 0 Å². The molecule has 1 saturated heterocycles. The van der Waals surface area contributed by atoms with Crippen LogP contribution in [0, 0.1) is 0 Å². The summed E-state index contributed by atoms with van der Waals surface area (Å²) in [6, 6.07) is 8.08. The van der Waals surface area contributed by atoms with Gasteiger partial charge in [-0.2, -0.15) is 11.8 Å². The normalized spacial score (nSPS) is 18.2. The summed E-state index contributed by atoms with van der Waals surface area (Å²) in [6.07, 6.45) is 2.17. The maximum absolute atomic E-state index is 5.96. The highest BCUT2D eigenvalue weighted by Gasteiger charge is 2.32. The Morgan fingerprint density at radius 1 is 1.32 bits per heavy atom. The second-order valence-electron chi connectivity index (χ2n) is 6.07. The molecule has 0 amide bonds. The lowest BCUT2D eigenvalue weighted by Crippen LogP contribution is -2.48. The standard InChI is InChI=1S/C18H28ClN3OS.HI/c1-4-24-18(9-11-23-12-10-18)13-21-17(20-3)22-14(2)15-5-7-16(19)8-6-15;/h5-8,14H,4,9-13H2,1-3H3,(H2,20,21,22);1H. The van der Waals surface area contributed by atoms with Gasteiger partial charge in [-0.05, 0) is 43.2 Å². The molecule has 1 atom stereocenters. The molecule has 25 heavy (non-hydrogen) atoms. The molecule has 142 valence electrons. The fourth-order valence-electron chi connectivity index (χ4n) is 2.90. The van der Waals surface area contributed by atoms with E-state index in [0.717, 1.165) is 49.3 Å². The monoisotopic (exact) mass is 497 g/mol. The van der Waals surface area contributed by atoms with Gasteiger partial charge in [-0.25, -0.2) is 0 Å². The molecule has 2 N–H and O–H groups in total. The average Bonchev–Trinajstić information content (AvgIpc) is 2.60. The lowest BCUT2D eigenvalue weighted by molar-refractivity contribution is 0.0782. The first kappa shape index (κ1) is 22.9. The number of ether oxygens (including phenoxy) is 1. The first-order valence-corrected chi connectivity index (χ1v) is 9.89. The van der Waals surface area contributed by atoms with Gasteiger partial charge in [-0.3, -0.25) is 4.99 Å². The van der Waals surface area contributed by atoms with Gasteiger partial charge in [0.1, 0.15) is 0 Å². The number of rotatable bonds is 6. The van der Waals surface area contributed by atoms with Gasteiger partial charge < -0.3 is 15.4 Å². The van der Waals surface area contributed by atoms with Gasteiger partial charge in [0.2, 0.25) is 0 Å². The Hall–Kier alpha value is -0.180. The molecular formula is C18H29ClIN3OS. The number of nitrogens with one attached hydrogen (secondary N) is 2. The van der Waals surface area contributed by atoms with Gasteiger partial charge in [0.05, 0.1) is 6.04 Å². The van der Waals surface area contributed by atoms with Crippen molar-refractivity contribution in [2.45, 2.75) is 37.5 Å². The molecular weight excluding hydrogens is 469 g/mol. The fraction of sp³-hybridized carbons (Fsp3) is 0.611. The zero-order valence-electron chi connectivity index (χ0n) is 15.2. The topological polar surface area (TPSA) is 45.7 Å². The van der Waals surface area contributed by atoms with Crippen molar-refractivity contribution in [2.24, 2.45) is 4.99 Å². The van der Waals surface area contributed by atoms with E-state index >= 15 is 0 Å². The summed E-state index contributed by atoms with van der Waals surface area (Å²) in [5.74, 6) is 1.95. The summed E-state index contributed by atoms with van der Waals surface area (Å²) in [4.78, 5) is 4.37. The van der Waals surface area contributed by atoms with Gasteiger partial charge in [0.25, 0.3) is 0 Å². The van der Waals surface area contributed by atoms with Crippen molar-refractivity contribution in [2.75, 3.05) is 32.6 Å². The van der Waals surface area contributed by atoms with Gasteiger partial charge >= 0.3 is 0 Å². The highest BCUT2D eigenvalue weighted by molar-refractivity contribution is 14.0. The van der Waals surface area contributed by atoms with E-state index in [4.69, 9.17) is 16.3 Å². The van der Waals surface area contributed by atoms with Crippen molar-refractivity contribution in [3.63, 3.8) is 0 Å². The molecule has 1 heterocycles. The number of thioether (sulfide) groups is 1. The van der Waals surface area contributed by atoms with Gasteiger partial charge in [-0.1, -0.05) is 30.7 Å². The molecule has 1 aliphatic heterocycles. The zero-order chi connectivity index (χ0) is 17.4. The van der Waals surface area contributed by atoms with Crippen molar-refractivity contribution in [1.29, 1.82) is 0 Å². The van der Waals surface area contributed by atoms with Crippen molar-refractivity contribution < 1.29 is 4.74 Å². The molecule has 2 rings (SSSR count). The van der Waals surface area contributed by atoms with E-state index in [0.29, 0.717) is 0 Å². The second kappa shape index (κ2) is 11.5. The van der Waals surface area contributed by atoms with E-state index in [2.05, 4.69) is 29.5 Å². The summed E-state index contributed by atoms with van der Waals surface area (Å²) < 4.78 is 5.78. The Morgan fingerprint density at radius 2 is 1.96 bits per heavy atom. The van der Waals surface area contributed by atoms with Crippen LogP contribution in [-0.2, 0) is 4.74 Å². The Kier molecular flexibility index (Phi) is 10.5. The van der Waals surface area contributed by atoms with Gasteiger partial charge in [0, 0.05) is 36.6 Å². The van der Waals surface area contributed by atoms with E-state index in [1.807, 2.05) is 43.1 Å². The summed E-state index contributed by atoms with van der Waals surface area (Å²) in [6.45, 7) is 6.95. The van der Waals surface area contributed by atoms with Crippen LogP contribution < -0.4 is 10.6 Å². The molecule has 0 aliphatic carbocycles. The molecule has 4 nitrogen and oxygen atoms in total. The maximum Gasteiger partial charge on any atom is 0.191 e. The molecule has 0 radical (unpaired) electrons. The summed E-state index contributed by atoms with van der Waals surface area (Å²) in [5, 5.41) is 7.73. The van der Waals surface area contributed by atoms with Crippen LogP contribution in [0.1, 0.15) is 38.3 Å². The second-order valence-corrected chi connectivity index (χ2v) is 8.24. The Bertz CT molecular complexity index is 530. The van der Waals surface area contributed by atoms with Crippen LogP contribution in [0.5, 0.6) is 0 Å². The number of aliphatic imine (C=N–C) groups is 1. The molecule has 0 spiro atoms. The molecule has 1 aromatic rings. The van der Waals surface area contributed by atoms with Crippen LogP contribution in [-0.4, -0.2) is 43.3 Å². The van der Waals surface area contributed by atoms with E-state index in [-0.39, 0.29) is 34.8 Å².